The summed E-state index contributed by atoms with van der Waals surface area (Å²) in [5.74, 6) is 0.0431. The number of piperidine rings is 1. The minimum absolute atomic E-state index is 0.0463. The van der Waals surface area contributed by atoms with Gasteiger partial charge < -0.3 is 5.32 Å². The molecule has 0 saturated carbocycles. The van der Waals surface area contributed by atoms with Crippen molar-refractivity contribution in [1.29, 1.82) is 0 Å². The number of nitrogens with one attached hydrogen (secondary N) is 1. The number of thiazole rings is 1. The maximum Gasteiger partial charge on any atom is 0.240 e. The Morgan fingerprint density at radius 1 is 1.35 bits per heavy atom. The number of likely N-dealkylation sites (tertiary alicyclic amines) is 1. The zero-order valence-electron chi connectivity index (χ0n) is 11.6. The van der Waals surface area contributed by atoms with E-state index in [0.717, 1.165) is 0 Å². The van der Waals surface area contributed by atoms with Gasteiger partial charge in [0.05, 0.1) is 17.1 Å². The maximum atomic E-state index is 11.9. The van der Waals surface area contributed by atoms with Crippen molar-refractivity contribution in [1.82, 2.24) is 9.88 Å². The molecule has 0 aliphatic carbocycles. The topological polar surface area (TPSA) is 79.4 Å². The number of nitrogens with zero attached hydrogens (tertiary/aromatic N) is 2. The molecule has 1 fully saturated rings. The van der Waals surface area contributed by atoms with Crippen molar-refractivity contribution in [2.45, 2.75) is 26.7 Å². The lowest BCUT2D eigenvalue weighted by atomic mass is 10.1. The highest BCUT2D eigenvalue weighted by Crippen LogP contribution is 2.22. The second kappa shape index (κ2) is 6.23. The van der Waals surface area contributed by atoms with Gasteiger partial charge in [-0.1, -0.05) is 11.3 Å². The van der Waals surface area contributed by atoms with E-state index in [1.54, 1.807) is 6.92 Å². The first-order valence-corrected chi connectivity index (χ1v) is 7.29. The fourth-order valence-electron chi connectivity index (χ4n) is 2.10. The van der Waals surface area contributed by atoms with Crippen molar-refractivity contribution in [2.24, 2.45) is 0 Å². The predicted octanol–water partition coefficient (Wildman–Crippen LogP) is 1.26. The van der Waals surface area contributed by atoms with E-state index in [0.29, 0.717) is 41.6 Å². The Hall–Kier alpha value is -1.60. The molecule has 7 heteroatoms. The minimum Gasteiger partial charge on any atom is -0.301 e. The largest absolute Gasteiger partial charge is 0.301 e. The van der Waals surface area contributed by atoms with Crippen LogP contribution in [0.2, 0.25) is 0 Å². The Balaban J connectivity index is 1.90. The highest BCUT2D eigenvalue weighted by molar-refractivity contribution is 7.17. The van der Waals surface area contributed by atoms with Crippen LogP contribution in [-0.4, -0.2) is 47.0 Å². The van der Waals surface area contributed by atoms with Crippen LogP contribution >= 0.6 is 11.3 Å². The van der Waals surface area contributed by atoms with E-state index in [9.17, 15) is 14.4 Å². The number of anilines is 1. The quantitative estimate of drug-likeness (QED) is 0.846. The number of amides is 1. The second-order valence-electron chi connectivity index (χ2n) is 4.85. The zero-order chi connectivity index (χ0) is 14.7. The fourth-order valence-corrected chi connectivity index (χ4v) is 2.98. The van der Waals surface area contributed by atoms with Crippen LogP contribution in [0.5, 0.6) is 0 Å². The molecule has 6 nitrogen and oxygen atoms in total. The van der Waals surface area contributed by atoms with E-state index >= 15 is 0 Å². The molecule has 2 heterocycles. The Bertz CT molecular complexity index is 543. The standard InChI is InChI=1S/C13H17N3O3S/c1-8-12(9(2)17)20-13(14-8)15-11(19)7-16-5-3-10(18)4-6-16/h3-7H2,1-2H3,(H,14,15,19). The summed E-state index contributed by atoms with van der Waals surface area (Å²) in [4.78, 5) is 41.0. The zero-order valence-corrected chi connectivity index (χ0v) is 12.4. The van der Waals surface area contributed by atoms with Crippen LogP contribution in [0.1, 0.15) is 35.1 Å². The Labute approximate surface area is 121 Å². The summed E-state index contributed by atoms with van der Waals surface area (Å²) in [5.41, 5.74) is 0.640. The van der Waals surface area contributed by atoms with Gasteiger partial charge in [-0.05, 0) is 6.92 Å². The summed E-state index contributed by atoms with van der Waals surface area (Å²) in [7, 11) is 0. The number of ketones is 2. The van der Waals surface area contributed by atoms with Crippen LogP contribution in [0.25, 0.3) is 0 Å². The van der Waals surface area contributed by atoms with Gasteiger partial charge in [-0.15, -0.1) is 0 Å². The van der Waals surface area contributed by atoms with E-state index in [2.05, 4.69) is 10.3 Å². The van der Waals surface area contributed by atoms with Crippen LogP contribution in [0, 0.1) is 6.92 Å². The van der Waals surface area contributed by atoms with Crippen LogP contribution in [0.3, 0.4) is 0 Å². The third-order valence-corrected chi connectivity index (χ3v) is 4.32. The van der Waals surface area contributed by atoms with Crippen molar-refractivity contribution < 1.29 is 14.4 Å². The molecule has 1 amide bonds. The summed E-state index contributed by atoms with van der Waals surface area (Å²) in [6.45, 7) is 4.74. The van der Waals surface area contributed by atoms with Crippen molar-refractivity contribution in [3.8, 4) is 0 Å². The molecule has 0 bridgehead atoms. The van der Waals surface area contributed by atoms with Crippen LogP contribution in [0.15, 0.2) is 0 Å². The lowest BCUT2D eigenvalue weighted by Gasteiger charge is -2.24. The SMILES string of the molecule is CC(=O)c1sc(NC(=O)CN2CCC(=O)CC2)nc1C. The van der Waals surface area contributed by atoms with Crippen LogP contribution in [-0.2, 0) is 9.59 Å². The lowest BCUT2D eigenvalue weighted by molar-refractivity contribution is -0.124. The molecule has 1 aromatic rings. The molecule has 20 heavy (non-hydrogen) atoms. The van der Waals surface area contributed by atoms with Gasteiger partial charge in [0.2, 0.25) is 5.91 Å². The number of Topliss-reactive ketones (excluding diaryl/α,β-unsaturated/α-hetero) is 2. The minimum atomic E-state index is -0.164. The average molecular weight is 295 g/mol. The van der Waals surface area contributed by atoms with Gasteiger partial charge >= 0.3 is 0 Å². The summed E-state index contributed by atoms with van der Waals surface area (Å²) in [5, 5.41) is 3.16. The monoisotopic (exact) mass is 295 g/mol. The molecule has 1 aliphatic rings. The van der Waals surface area contributed by atoms with Gasteiger partial charge in [0.1, 0.15) is 5.78 Å². The normalized spacial score (nSPS) is 16.2. The number of rotatable bonds is 4. The Kier molecular flexibility index (Phi) is 4.61. The molecule has 108 valence electrons. The van der Waals surface area contributed by atoms with Crippen molar-refractivity contribution in [3.63, 3.8) is 0 Å². The van der Waals surface area contributed by atoms with Crippen molar-refractivity contribution >= 4 is 33.9 Å². The summed E-state index contributed by atoms with van der Waals surface area (Å²) >= 11 is 1.19. The second-order valence-corrected chi connectivity index (χ2v) is 5.85. The first kappa shape index (κ1) is 14.8. The number of carbonyl (C=O) groups is 3. The third kappa shape index (κ3) is 3.71. The van der Waals surface area contributed by atoms with Crippen molar-refractivity contribution in [2.75, 3.05) is 25.0 Å². The Morgan fingerprint density at radius 3 is 2.55 bits per heavy atom. The third-order valence-electron chi connectivity index (χ3n) is 3.14. The number of aromatic nitrogens is 1. The van der Waals surface area contributed by atoms with Gasteiger partial charge in [0.25, 0.3) is 0 Å². The molecule has 1 saturated heterocycles. The van der Waals surface area contributed by atoms with E-state index in [1.165, 1.54) is 18.3 Å². The van der Waals surface area contributed by atoms with Crippen molar-refractivity contribution in [3.05, 3.63) is 10.6 Å². The van der Waals surface area contributed by atoms with Gasteiger partial charge in [0.15, 0.2) is 10.9 Å². The molecule has 1 aliphatic heterocycles. The summed E-state index contributed by atoms with van der Waals surface area (Å²) in [6.07, 6.45) is 1.02. The Morgan fingerprint density at radius 2 is 2.00 bits per heavy atom. The molecule has 0 atom stereocenters. The molecule has 2 rings (SSSR count). The van der Waals surface area contributed by atoms with E-state index in [1.807, 2.05) is 4.90 Å². The van der Waals surface area contributed by atoms with E-state index in [4.69, 9.17) is 0 Å². The summed E-state index contributed by atoms with van der Waals surface area (Å²) < 4.78 is 0. The van der Waals surface area contributed by atoms with E-state index < -0.39 is 0 Å². The lowest BCUT2D eigenvalue weighted by Crippen LogP contribution is -2.39. The molecule has 0 unspecified atom stereocenters. The van der Waals surface area contributed by atoms with E-state index in [-0.39, 0.29) is 24.0 Å². The maximum absolute atomic E-state index is 11.9. The molecule has 0 aromatic carbocycles. The van der Waals surface area contributed by atoms with Gasteiger partial charge in [0, 0.05) is 32.9 Å². The first-order chi connectivity index (χ1) is 9.45. The van der Waals surface area contributed by atoms with Gasteiger partial charge in [-0.25, -0.2) is 4.98 Å². The smallest absolute Gasteiger partial charge is 0.240 e. The number of hydrogen-bond donors (Lipinski definition) is 1. The number of carbonyl (C=O) groups excluding carboxylic acids is 3. The average Bonchev–Trinajstić information content (AvgIpc) is 2.73. The number of hydrogen-bond acceptors (Lipinski definition) is 6. The molecule has 1 aromatic heterocycles. The molecule has 0 spiro atoms. The highest BCUT2D eigenvalue weighted by atomic mass is 32.1. The molecular weight excluding hydrogens is 278 g/mol. The first-order valence-electron chi connectivity index (χ1n) is 6.48. The molecular formula is C13H17N3O3S. The molecule has 1 N–H and O–H groups in total. The molecule has 0 radical (unpaired) electrons. The van der Waals surface area contributed by atoms with Gasteiger partial charge in [-0.2, -0.15) is 0 Å². The fraction of sp³-hybridized carbons (Fsp3) is 0.538. The number of aryl methyl sites for hydroxylation is 1. The van der Waals surface area contributed by atoms with Gasteiger partial charge in [-0.3, -0.25) is 19.3 Å². The van der Waals surface area contributed by atoms with Crippen LogP contribution in [0.4, 0.5) is 5.13 Å². The highest BCUT2D eigenvalue weighted by Gasteiger charge is 2.19. The predicted molar refractivity (Wildman–Crippen MR) is 76.2 cm³/mol. The van der Waals surface area contributed by atoms with Crippen LogP contribution < -0.4 is 5.32 Å². The summed E-state index contributed by atoms with van der Waals surface area (Å²) in [6, 6.07) is 0.